The fraction of sp³-hybridized carbons (Fsp3) is 0.278. The average Bonchev–Trinajstić information content (AvgIpc) is 3.07. The molecule has 1 atom stereocenters. The first-order valence-electron chi connectivity index (χ1n) is 8.53. The van der Waals surface area contributed by atoms with Crippen molar-refractivity contribution in [1.82, 2.24) is 4.41 Å². The second-order valence-electron chi connectivity index (χ2n) is 6.37. The van der Waals surface area contributed by atoms with E-state index in [9.17, 15) is 21.2 Å². The van der Waals surface area contributed by atoms with E-state index in [1.807, 2.05) is 0 Å². The van der Waals surface area contributed by atoms with Crippen LogP contribution in [0.1, 0.15) is 30.5 Å². The maximum absolute atomic E-state index is 14.3. The molecular weight excluding hydrogens is 405 g/mol. The first kappa shape index (κ1) is 20.3. The Morgan fingerprint density at radius 1 is 1.11 bits per heavy atom. The maximum atomic E-state index is 14.3. The van der Waals surface area contributed by atoms with Crippen molar-refractivity contribution in [3.05, 3.63) is 65.5 Å². The minimum absolute atomic E-state index is 0.110. The van der Waals surface area contributed by atoms with Crippen LogP contribution in [0.15, 0.2) is 53.6 Å². The van der Waals surface area contributed by atoms with E-state index >= 15 is 0 Å². The molecule has 0 bridgehead atoms. The number of halogens is 1. The Labute approximate surface area is 164 Å². The third kappa shape index (κ3) is 4.17. The summed E-state index contributed by atoms with van der Waals surface area (Å²) < 4.78 is 66.1. The smallest absolute Gasteiger partial charge is 0.247 e. The quantitative estimate of drug-likeness (QED) is 0.770. The van der Waals surface area contributed by atoms with E-state index < -0.39 is 31.9 Å². The predicted octanol–water partition coefficient (Wildman–Crippen LogP) is 2.70. The highest BCUT2D eigenvalue weighted by molar-refractivity contribution is 7.92. The van der Waals surface area contributed by atoms with E-state index in [2.05, 4.69) is 9.82 Å². The second-order valence-corrected chi connectivity index (χ2v) is 10.2. The summed E-state index contributed by atoms with van der Waals surface area (Å²) in [7, 11) is -7.31. The number of anilines is 1. The summed E-state index contributed by atoms with van der Waals surface area (Å²) in [4.78, 5) is 0. The number of hydrogen-bond acceptors (Lipinski definition) is 5. The molecule has 1 unspecified atom stereocenters. The van der Waals surface area contributed by atoms with Gasteiger partial charge in [0.25, 0.3) is 0 Å². The standard InChI is InChI=1S/C18H20FN3O4S2/c1-3-28(25,26)21-16-11-7-5-9-14(16)17-12-18(22(20-17)27(2,23)24)13-8-4-6-10-15(13)19/h4-11,18,21H,3,12H2,1-2H3. The van der Waals surface area contributed by atoms with Gasteiger partial charge >= 0.3 is 0 Å². The van der Waals surface area contributed by atoms with Gasteiger partial charge in [-0.05, 0) is 19.1 Å². The zero-order valence-corrected chi connectivity index (χ0v) is 17.0. The van der Waals surface area contributed by atoms with Gasteiger partial charge in [0, 0.05) is 17.5 Å². The van der Waals surface area contributed by atoms with Gasteiger partial charge in [-0.3, -0.25) is 4.72 Å². The van der Waals surface area contributed by atoms with E-state index in [1.54, 1.807) is 30.3 Å². The van der Waals surface area contributed by atoms with Crippen molar-refractivity contribution in [1.29, 1.82) is 0 Å². The van der Waals surface area contributed by atoms with E-state index in [1.165, 1.54) is 25.1 Å². The molecule has 7 nitrogen and oxygen atoms in total. The Balaban J connectivity index is 2.06. The van der Waals surface area contributed by atoms with Crippen molar-refractivity contribution in [3.63, 3.8) is 0 Å². The molecule has 0 spiro atoms. The highest BCUT2D eigenvalue weighted by atomic mass is 32.2. The summed E-state index contributed by atoms with van der Waals surface area (Å²) in [6, 6.07) is 11.7. The van der Waals surface area contributed by atoms with Crippen LogP contribution in [0.25, 0.3) is 0 Å². The van der Waals surface area contributed by atoms with Crippen LogP contribution in [0, 0.1) is 5.82 Å². The van der Waals surface area contributed by atoms with Crippen LogP contribution in [0.3, 0.4) is 0 Å². The number of sulfonamides is 2. The SMILES string of the molecule is CCS(=O)(=O)Nc1ccccc1C1=NN(S(C)(=O)=O)C(c2ccccc2F)C1. The van der Waals surface area contributed by atoms with Gasteiger partial charge in [0.1, 0.15) is 5.82 Å². The highest BCUT2D eigenvalue weighted by Gasteiger charge is 2.36. The number of hydrogen-bond donors (Lipinski definition) is 1. The molecule has 28 heavy (non-hydrogen) atoms. The minimum Gasteiger partial charge on any atom is -0.283 e. The molecular formula is C18H20FN3O4S2. The zero-order chi connectivity index (χ0) is 20.5. The second kappa shape index (κ2) is 7.51. The van der Waals surface area contributed by atoms with Crippen LogP contribution in [0.4, 0.5) is 10.1 Å². The van der Waals surface area contributed by atoms with E-state index in [0.717, 1.165) is 10.7 Å². The lowest BCUT2D eigenvalue weighted by molar-refractivity contribution is 0.365. The lowest BCUT2D eigenvalue weighted by Gasteiger charge is -2.21. The fourth-order valence-electron chi connectivity index (χ4n) is 3.00. The van der Waals surface area contributed by atoms with Crippen LogP contribution in [-0.4, -0.2) is 39.0 Å². The molecule has 1 heterocycles. The van der Waals surface area contributed by atoms with E-state index in [-0.39, 0.29) is 17.7 Å². The van der Waals surface area contributed by atoms with Crippen molar-refractivity contribution >= 4 is 31.4 Å². The fourth-order valence-corrected chi connectivity index (χ4v) is 4.55. The molecule has 1 aliphatic heterocycles. The summed E-state index contributed by atoms with van der Waals surface area (Å²) in [5.74, 6) is -0.640. The number of nitrogens with one attached hydrogen (secondary N) is 1. The summed E-state index contributed by atoms with van der Waals surface area (Å²) >= 11 is 0. The Hall–Kier alpha value is -2.46. The average molecular weight is 426 g/mol. The van der Waals surface area contributed by atoms with Crippen molar-refractivity contribution in [3.8, 4) is 0 Å². The van der Waals surface area contributed by atoms with Crippen LogP contribution in [-0.2, 0) is 20.0 Å². The topological polar surface area (TPSA) is 95.9 Å². The number of benzene rings is 2. The Kier molecular flexibility index (Phi) is 5.44. The van der Waals surface area contributed by atoms with Crippen LogP contribution in [0.5, 0.6) is 0 Å². The largest absolute Gasteiger partial charge is 0.283 e. The van der Waals surface area contributed by atoms with Gasteiger partial charge in [0.15, 0.2) is 0 Å². The normalized spacial score (nSPS) is 17.5. The number of nitrogens with zero attached hydrogens (tertiary/aromatic N) is 2. The number of rotatable bonds is 6. The van der Waals surface area contributed by atoms with Gasteiger partial charge < -0.3 is 0 Å². The molecule has 1 N–H and O–H groups in total. The summed E-state index contributed by atoms with van der Waals surface area (Å²) in [5, 5.41) is 4.21. The lowest BCUT2D eigenvalue weighted by atomic mass is 9.98. The molecule has 0 aromatic heterocycles. The molecule has 0 aliphatic carbocycles. The van der Waals surface area contributed by atoms with Crippen molar-refractivity contribution in [2.45, 2.75) is 19.4 Å². The Bertz CT molecular complexity index is 1130. The first-order chi connectivity index (χ1) is 13.1. The van der Waals surface area contributed by atoms with Crippen LogP contribution >= 0.6 is 0 Å². The summed E-state index contributed by atoms with van der Waals surface area (Å²) in [5.41, 5.74) is 1.31. The highest BCUT2D eigenvalue weighted by Crippen LogP contribution is 2.37. The monoisotopic (exact) mass is 425 g/mol. The summed E-state index contributed by atoms with van der Waals surface area (Å²) in [6.07, 6.45) is 1.11. The van der Waals surface area contributed by atoms with Gasteiger partial charge in [0.2, 0.25) is 20.0 Å². The van der Waals surface area contributed by atoms with Crippen molar-refractivity contribution in [2.24, 2.45) is 5.10 Å². The van der Waals surface area contributed by atoms with Gasteiger partial charge in [0.05, 0.1) is 29.4 Å². The van der Waals surface area contributed by atoms with Crippen molar-refractivity contribution < 1.29 is 21.2 Å². The molecule has 150 valence electrons. The third-order valence-corrected chi connectivity index (χ3v) is 6.67. The van der Waals surface area contributed by atoms with E-state index in [4.69, 9.17) is 0 Å². The molecule has 0 fully saturated rings. The Morgan fingerprint density at radius 3 is 2.39 bits per heavy atom. The zero-order valence-electron chi connectivity index (χ0n) is 15.3. The van der Waals surface area contributed by atoms with Gasteiger partial charge in [-0.1, -0.05) is 36.4 Å². The molecule has 0 saturated heterocycles. The lowest BCUT2D eigenvalue weighted by Crippen LogP contribution is -2.26. The molecule has 3 rings (SSSR count). The number of para-hydroxylation sites is 1. The molecule has 0 radical (unpaired) electrons. The Morgan fingerprint density at radius 2 is 1.75 bits per heavy atom. The van der Waals surface area contributed by atoms with Crippen LogP contribution in [0.2, 0.25) is 0 Å². The summed E-state index contributed by atoms with van der Waals surface area (Å²) in [6.45, 7) is 1.51. The predicted molar refractivity (Wildman–Crippen MR) is 107 cm³/mol. The molecule has 10 heteroatoms. The number of hydrazone groups is 1. The minimum atomic E-state index is -3.77. The van der Waals surface area contributed by atoms with Gasteiger partial charge in [-0.25, -0.2) is 21.2 Å². The molecule has 2 aromatic carbocycles. The van der Waals surface area contributed by atoms with E-state index in [0.29, 0.717) is 17.0 Å². The maximum Gasteiger partial charge on any atom is 0.247 e. The van der Waals surface area contributed by atoms with Crippen molar-refractivity contribution in [2.75, 3.05) is 16.7 Å². The third-order valence-electron chi connectivity index (χ3n) is 4.36. The molecule has 0 amide bonds. The van der Waals surface area contributed by atoms with Gasteiger partial charge in [-0.15, -0.1) is 0 Å². The van der Waals surface area contributed by atoms with Gasteiger partial charge in [-0.2, -0.15) is 9.52 Å². The first-order valence-corrected chi connectivity index (χ1v) is 12.0. The van der Waals surface area contributed by atoms with Crippen LogP contribution < -0.4 is 4.72 Å². The molecule has 2 aromatic rings. The molecule has 0 saturated carbocycles. The molecule has 1 aliphatic rings.